The van der Waals surface area contributed by atoms with Crippen LogP contribution in [0.5, 0.6) is 0 Å². The first-order valence-corrected chi connectivity index (χ1v) is 50.7. The minimum absolute atomic E-state index is 0. The van der Waals surface area contributed by atoms with Crippen molar-refractivity contribution in [2.45, 2.75) is 453 Å². The van der Waals surface area contributed by atoms with E-state index < -0.39 is 0 Å². The van der Waals surface area contributed by atoms with Gasteiger partial charge in [0.1, 0.15) is 11.6 Å². The minimum atomic E-state index is -0.0355. The molecule has 0 bridgehead atoms. The van der Waals surface area contributed by atoms with Crippen LogP contribution in [0.2, 0.25) is 0 Å². The van der Waals surface area contributed by atoms with Gasteiger partial charge in [-0.15, -0.1) is 32.7 Å². The van der Waals surface area contributed by atoms with Crippen molar-refractivity contribution in [2.24, 2.45) is 23.7 Å². The molecule has 0 N–H and O–H groups in total. The Balaban J connectivity index is 0.000000317. The monoisotopic (exact) mass is 2180 g/mol. The maximum Gasteiger partial charge on any atom is 4.00 e. The molecule has 10 saturated carbocycles. The first kappa shape index (κ1) is 100. The summed E-state index contributed by atoms with van der Waals surface area (Å²) in [6.07, 6.45) is 106. The maximum atomic E-state index is 5.58. The summed E-state index contributed by atoms with van der Waals surface area (Å²) in [5.41, 5.74) is 4.70. The summed E-state index contributed by atoms with van der Waals surface area (Å²) >= 11 is 0. The predicted octanol–water partition coefficient (Wildman–Crippen LogP) is 30.4. The molecule has 7 heterocycles. The fraction of sp³-hybridized carbons (Fsp3) is 0.762. The summed E-state index contributed by atoms with van der Waals surface area (Å²) in [7, 11) is 0. The van der Waals surface area contributed by atoms with Gasteiger partial charge in [0.2, 0.25) is 0 Å². The van der Waals surface area contributed by atoms with Crippen molar-refractivity contribution in [1.82, 2.24) is 24.8 Å². The molecule has 1 aromatic heterocycles. The quantitative estimate of drug-likeness (QED) is 0.139. The zero-order chi connectivity index (χ0) is 79.6. The molecular formula is C105H164N12Pt3. The molecule has 6 atom stereocenters. The van der Waals surface area contributed by atoms with Crippen molar-refractivity contribution in [1.29, 1.82) is 0 Å². The number of allylic oxidation sites excluding steroid dienone is 2. The number of piperidine rings is 5. The van der Waals surface area contributed by atoms with E-state index in [4.69, 9.17) is 46.9 Å². The van der Waals surface area contributed by atoms with Crippen LogP contribution in [0.4, 0.5) is 5.69 Å². The van der Waals surface area contributed by atoms with Crippen LogP contribution >= 0.6 is 0 Å². The first-order valence-electron chi connectivity index (χ1n) is 50.7. The Morgan fingerprint density at radius 1 is 0.267 bits per heavy atom. The van der Waals surface area contributed by atoms with Gasteiger partial charge in [0.15, 0.2) is 5.82 Å². The van der Waals surface area contributed by atoms with Gasteiger partial charge in [-0.3, -0.25) is 0 Å². The SMILES string of the molecule is C1=C[N-]C(N(c2ccc(-c3ccc(-c4nc(C5CCC(C6CCC(N(C7CCCC[N-]7)C7CCCC[N-]7)CC6)CC5)nc(C5CCC(C6CCC(N(C7CCCC[N-]7)C7CCCC[N-]7)CC6)CC5)n4)cc3)cc2)C2CCCC[N-]2)C=C1.[CH-]1CCCCC1.[CH-]1CCCCC1.[CH-]1CCCCC1.[CH-]1CCCCC1.[CH-]1CCCCC1.[CH-]1CCCCC1.[Pt+4].[Pt+4].[Pt+4]. The van der Waals surface area contributed by atoms with E-state index in [0.717, 1.165) is 85.9 Å². The van der Waals surface area contributed by atoms with Crippen LogP contribution in [0.1, 0.15) is 415 Å². The Morgan fingerprint density at radius 2 is 0.550 bits per heavy atom. The number of rotatable bonds is 15. The van der Waals surface area contributed by atoms with E-state index in [1.807, 2.05) is 12.3 Å². The summed E-state index contributed by atoms with van der Waals surface area (Å²) in [4.78, 5) is 24.6. The van der Waals surface area contributed by atoms with Gasteiger partial charge in [-0.05, 0) is 156 Å². The van der Waals surface area contributed by atoms with E-state index in [-0.39, 0.29) is 75.5 Å². The van der Waals surface area contributed by atoms with Crippen molar-refractivity contribution in [3.8, 4) is 22.5 Å². The minimum Gasteiger partial charge on any atom is -0.668 e. The largest absolute Gasteiger partial charge is 4.00 e. The molecule has 0 amide bonds. The van der Waals surface area contributed by atoms with Crippen LogP contribution in [-0.4, -0.2) is 107 Å². The summed E-state index contributed by atoms with van der Waals surface area (Å²) in [6, 6.07) is 19.5. The van der Waals surface area contributed by atoms with E-state index in [1.165, 1.54) is 402 Å². The zero-order valence-electron chi connectivity index (χ0n) is 75.0. The van der Waals surface area contributed by atoms with Crippen molar-refractivity contribution < 1.29 is 63.2 Å². The molecule has 6 aliphatic heterocycles. The van der Waals surface area contributed by atoms with Crippen LogP contribution in [0, 0.1) is 62.2 Å². The number of benzene rings is 2. The number of hydrogen-bond acceptors (Lipinski definition) is 6. The Hall–Kier alpha value is -1.69. The number of anilines is 1. The van der Waals surface area contributed by atoms with Gasteiger partial charge in [-0.25, -0.2) is 15.0 Å². The Kier molecular flexibility index (Phi) is 49.8. The predicted molar refractivity (Wildman–Crippen MR) is 497 cm³/mol. The summed E-state index contributed by atoms with van der Waals surface area (Å²) < 4.78 is 0. The molecule has 15 heteroatoms. The molecule has 15 fully saturated rings. The molecular weight excluding hydrogens is 2010 g/mol. The molecule has 6 unspecified atom stereocenters. The second-order valence-electron chi connectivity index (χ2n) is 38.4. The molecule has 120 heavy (non-hydrogen) atoms. The topological polar surface area (TPSA) is 133 Å². The van der Waals surface area contributed by atoms with Crippen molar-refractivity contribution in [3.63, 3.8) is 0 Å². The summed E-state index contributed by atoms with van der Waals surface area (Å²) in [6.45, 7) is 5.10. The van der Waals surface area contributed by atoms with Crippen LogP contribution in [-0.2, 0) is 63.2 Å². The third kappa shape index (κ3) is 33.7. The van der Waals surface area contributed by atoms with Crippen molar-refractivity contribution in [3.05, 3.63) is 155 Å². The smallest absolute Gasteiger partial charge is 0.668 e. The fourth-order valence-electron chi connectivity index (χ4n) is 22.9. The average Bonchev–Trinajstić information content (AvgIpc) is 0.789. The van der Waals surface area contributed by atoms with E-state index in [2.05, 4.69) is 114 Å². The summed E-state index contributed by atoms with van der Waals surface area (Å²) in [5.74, 6) is 7.13. The average molecular weight is 2180 g/mol. The normalized spacial score (nSPS) is 31.1. The Morgan fingerprint density at radius 3 is 0.808 bits per heavy atom. The molecule has 5 saturated heterocycles. The van der Waals surface area contributed by atoms with Gasteiger partial charge in [0.25, 0.3) is 0 Å². The molecule has 2 aromatic carbocycles. The van der Waals surface area contributed by atoms with Crippen molar-refractivity contribution in [2.75, 3.05) is 37.6 Å². The van der Waals surface area contributed by atoms with Crippen LogP contribution in [0.3, 0.4) is 0 Å². The Labute approximate surface area is 778 Å². The Bertz CT molecular complexity index is 2790. The summed E-state index contributed by atoms with van der Waals surface area (Å²) in [5, 5.41) is 30.8. The molecule has 674 valence electrons. The van der Waals surface area contributed by atoms with E-state index in [9.17, 15) is 0 Å². The second-order valence-corrected chi connectivity index (χ2v) is 38.4. The van der Waals surface area contributed by atoms with Crippen LogP contribution < -0.4 is 4.90 Å². The second kappa shape index (κ2) is 59.5. The van der Waals surface area contributed by atoms with Crippen LogP contribution in [0.25, 0.3) is 54.4 Å². The standard InChI is InChI=1S/C69H98N12.6C6H11.3Pt/c1-7-43-70-61(13-1)79(62-14-2-8-44-71-62)58-37-31-52(32-38-58)49-19-25-55(26-20-49)67-76-68(56-27-21-50(22-28-56)53-33-39-59(40-34-53)80(63-15-3-9-45-72-63)64-16-4-10-46-73-64)78-69(77-67)57-29-23-51(24-30-57)54-35-41-60(42-36-54)81(65-17-5-11-47-74-65)66-18-6-12-48-75-66;6*1-2-4-6-5-3-1;;;/h1,7,13,19-20,25-26,31-32,37-38,43,50-51,53-54,56-57,59-66H,2-6,8-12,14-18,21-24,27-30,33-36,39-42,44-48H2;6*1H,2-6H2;;;/q-6;6*-1;3*+4. The van der Waals surface area contributed by atoms with E-state index >= 15 is 0 Å². The zero-order valence-corrected chi connectivity index (χ0v) is 81.8. The van der Waals surface area contributed by atoms with Gasteiger partial charge in [-0.2, -0.15) is 83.2 Å². The molecule has 10 aliphatic carbocycles. The molecule has 3 aromatic rings. The number of hydrogen-bond donors (Lipinski definition) is 0. The number of aromatic nitrogens is 3. The molecule has 16 aliphatic rings. The van der Waals surface area contributed by atoms with Crippen LogP contribution in [0.15, 0.2) is 73.0 Å². The van der Waals surface area contributed by atoms with Gasteiger partial charge < -0.3 is 85.1 Å². The van der Waals surface area contributed by atoms with Gasteiger partial charge in [0.05, 0.1) is 0 Å². The third-order valence-electron chi connectivity index (χ3n) is 29.9. The van der Waals surface area contributed by atoms with Gasteiger partial charge in [-0.1, -0.05) is 297 Å². The van der Waals surface area contributed by atoms with Gasteiger partial charge in [0, 0.05) is 35.2 Å². The van der Waals surface area contributed by atoms with E-state index in [0.29, 0.717) is 48.6 Å². The maximum absolute atomic E-state index is 5.58. The molecule has 12 nitrogen and oxygen atoms in total. The first-order chi connectivity index (χ1) is 58.1. The van der Waals surface area contributed by atoms with Gasteiger partial charge >= 0.3 is 63.2 Å². The van der Waals surface area contributed by atoms with E-state index in [1.54, 1.807) is 0 Å². The molecule has 0 spiro atoms. The third-order valence-corrected chi connectivity index (χ3v) is 29.9. The molecule has 19 rings (SSSR count). The molecule has 0 radical (unpaired) electrons. The van der Waals surface area contributed by atoms with Crippen molar-refractivity contribution >= 4 is 5.69 Å². The number of nitrogens with zero attached hydrogens (tertiary/aromatic N) is 12. The fourth-order valence-corrected chi connectivity index (χ4v) is 22.9.